The van der Waals surface area contributed by atoms with Crippen LogP contribution in [0.25, 0.3) is 11.1 Å². The van der Waals surface area contributed by atoms with Gasteiger partial charge in [-0.3, -0.25) is 4.79 Å². The molecular weight excluding hydrogens is 359 g/mol. The molecule has 3 aromatic rings. The van der Waals surface area contributed by atoms with Crippen LogP contribution in [0.3, 0.4) is 0 Å². The largest absolute Gasteiger partial charge is 0.371 e. The number of hydrogen-bond donors (Lipinski definition) is 1. The van der Waals surface area contributed by atoms with Gasteiger partial charge in [0.05, 0.1) is 4.88 Å². The van der Waals surface area contributed by atoms with E-state index in [1.807, 2.05) is 53.9 Å². The van der Waals surface area contributed by atoms with E-state index in [2.05, 4.69) is 10.2 Å². The lowest BCUT2D eigenvalue weighted by atomic mass is 10.1. The van der Waals surface area contributed by atoms with Gasteiger partial charge in [0.1, 0.15) is 5.82 Å². The van der Waals surface area contributed by atoms with Crippen molar-refractivity contribution in [1.29, 1.82) is 0 Å². The third kappa shape index (κ3) is 4.03. The van der Waals surface area contributed by atoms with Crippen LogP contribution < -0.4 is 10.2 Å². The molecule has 2 heterocycles. The number of carbonyl (C=O) groups excluding carboxylic acids is 1. The molecule has 1 aliphatic rings. The highest BCUT2D eigenvalue weighted by molar-refractivity contribution is 7.12. The van der Waals surface area contributed by atoms with Crippen molar-refractivity contribution >= 4 is 22.9 Å². The van der Waals surface area contributed by atoms with Gasteiger partial charge >= 0.3 is 0 Å². The molecule has 0 bridgehead atoms. The zero-order valence-corrected chi connectivity index (χ0v) is 15.7. The second-order valence-electron chi connectivity index (χ2n) is 6.82. The minimum Gasteiger partial charge on any atom is -0.371 e. The van der Waals surface area contributed by atoms with Crippen molar-refractivity contribution in [1.82, 2.24) is 5.32 Å². The standard InChI is InChI=1S/C22H21FN2OS/c23-18-6-8-19(9-7-18)25-12-10-16(15-25)14-24-22(26)21-20(11-13-27-21)17-4-2-1-3-5-17/h1-9,11,13,16H,10,12,14-15H2,(H,24,26). The molecule has 1 aliphatic heterocycles. The van der Waals surface area contributed by atoms with Gasteiger partial charge in [-0.2, -0.15) is 0 Å². The molecule has 4 rings (SSSR count). The number of carbonyl (C=O) groups is 1. The molecule has 5 heteroatoms. The first-order chi connectivity index (χ1) is 13.2. The first-order valence-electron chi connectivity index (χ1n) is 9.12. The fraction of sp³-hybridized carbons (Fsp3) is 0.227. The minimum absolute atomic E-state index is 0.0101. The van der Waals surface area contributed by atoms with E-state index in [0.717, 1.165) is 41.2 Å². The molecule has 1 saturated heterocycles. The summed E-state index contributed by atoms with van der Waals surface area (Å²) < 4.78 is 13.1. The van der Waals surface area contributed by atoms with Crippen LogP contribution in [-0.4, -0.2) is 25.5 Å². The second kappa shape index (κ2) is 7.92. The number of hydrogen-bond acceptors (Lipinski definition) is 3. The molecule has 0 spiro atoms. The van der Waals surface area contributed by atoms with E-state index >= 15 is 0 Å². The van der Waals surface area contributed by atoms with Crippen molar-refractivity contribution < 1.29 is 9.18 Å². The van der Waals surface area contributed by atoms with Gasteiger partial charge < -0.3 is 10.2 Å². The quantitative estimate of drug-likeness (QED) is 0.689. The topological polar surface area (TPSA) is 32.3 Å². The fourth-order valence-corrected chi connectivity index (χ4v) is 4.37. The lowest BCUT2D eigenvalue weighted by molar-refractivity contribution is 0.0953. The van der Waals surface area contributed by atoms with Gasteiger partial charge in [-0.15, -0.1) is 11.3 Å². The van der Waals surface area contributed by atoms with Gasteiger partial charge in [0.15, 0.2) is 0 Å². The Bertz CT molecular complexity index is 908. The predicted molar refractivity (Wildman–Crippen MR) is 109 cm³/mol. The average Bonchev–Trinajstić information content (AvgIpc) is 3.37. The highest BCUT2D eigenvalue weighted by atomic mass is 32.1. The maximum Gasteiger partial charge on any atom is 0.261 e. The molecular formula is C22H21FN2OS. The van der Waals surface area contributed by atoms with Crippen molar-refractivity contribution in [2.75, 3.05) is 24.5 Å². The summed E-state index contributed by atoms with van der Waals surface area (Å²) in [6.07, 6.45) is 1.02. The molecule has 3 nitrogen and oxygen atoms in total. The van der Waals surface area contributed by atoms with E-state index in [4.69, 9.17) is 0 Å². The summed E-state index contributed by atoms with van der Waals surface area (Å²) in [5.74, 6) is 0.176. The van der Waals surface area contributed by atoms with E-state index < -0.39 is 0 Å². The first kappa shape index (κ1) is 17.7. The Morgan fingerprint density at radius 2 is 1.89 bits per heavy atom. The number of benzene rings is 2. The Morgan fingerprint density at radius 3 is 2.67 bits per heavy atom. The van der Waals surface area contributed by atoms with Gasteiger partial charge in [0, 0.05) is 30.9 Å². The number of thiophene rings is 1. The molecule has 1 amide bonds. The van der Waals surface area contributed by atoms with Crippen LogP contribution in [-0.2, 0) is 0 Å². The third-order valence-corrected chi connectivity index (χ3v) is 5.90. The third-order valence-electron chi connectivity index (χ3n) is 4.99. The monoisotopic (exact) mass is 380 g/mol. The summed E-state index contributed by atoms with van der Waals surface area (Å²) in [5, 5.41) is 5.06. The molecule has 0 aliphatic carbocycles. The summed E-state index contributed by atoms with van der Waals surface area (Å²) in [7, 11) is 0. The Labute approximate surface area is 162 Å². The smallest absolute Gasteiger partial charge is 0.261 e. The van der Waals surface area contributed by atoms with Gasteiger partial charge in [-0.25, -0.2) is 4.39 Å². The molecule has 1 N–H and O–H groups in total. The van der Waals surface area contributed by atoms with Crippen LogP contribution in [0.15, 0.2) is 66.0 Å². The maximum absolute atomic E-state index is 13.1. The molecule has 1 aromatic heterocycles. The van der Waals surface area contributed by atoms with Crippen LogP contribution >= 0.6 is 11.3 Å². The van der Waals surface area contributed by atoms with Crippen LogP contribution in [0.1, 0.15) is 16.1 Å². The van der Waals surface area contributed by atoms with Crippen molar-refractivity contribution in [2.45, 2.75) is 6.42 Å². The van der Waals surface area contributed by atoms with Gasteiger partial charge in [0.2, 0.25) is 0 Å². The van der Waals surface area contributed by atoms with Crippen molar-refractivity contribution in [3.63, 3.8) is 0 Å². The van der Waals surface area contributed by atoms with E-state index in [0.29, 0.717) is 12.5 Å². The fourth-order valence-electron chi connectivity index (χ4n) is 3.53. The van der Waals surface area contributed by atoms with Gasteiger partial charge in [-0.1, -0.05) is 30.3 Å². The Hall–Kier alpha value is -2.66. The predicted octanol–water partition coefficient (Wildman–Crippen LogP) is 4.81. The van der Waals surface area contributed by atoms with Crippen LogP contribution in [0, 0.1) is 11.7 Å². The molecule has 1 atom stereocenters. The Morgan fingerprint density at radius 1 is 1.11 bits per heavy atom. The summed E-state index contributed by atoms with van der Waals surface area (Å²) in [4.78, 5) is 15.7. The molecule has 0 saturated carbocycles. The first-order valence-corrected chi connectivity index (χ1v) is 10.0. The summed E-state index contributed by atoms with van der Waals surface area (Å²) >= 11 is 1.48. The lowest BCUT2D eigenvalue weighted by Crippen LogP contribution is -2.30. The molecule has 0 radical (unpaired) electrons. The van der Waals surface area contributed by atoms with Crippen LogP contribution in [0.2, 0.25) is 0 Å². The minimum atomic E-state index is -0.216. The number of nitrogens with zero attached hydrogens (tertiary/aromatic N) is 1. The van der Waals surface area contributed by atoms with Crippen LogP contribution in [0.5, 0.6) is 0 Å². The summed E-state index contributed by atoms with van der Waals surface area (Å²) in [6, 6.07) is 18.6. The number of anilines is 1. The zero-order chi connectivity index (χ0) is 18.6. The zero-order valence-electron chi connectivity index (χ0n) is 14.9. The van der Waals surface area contributed by atoms with Crippen molar-refractivity contribution in [2.24, 2.45) is 5.92 Å². The van der Waals surface area contributed by atoms with Crippen molar-refractivity contribution in [3.05, 3.63) is 76.7 Å². The lowest BCUT2D eigenvalue weighted by Gasteiger charge is -2.18. The summed E-state index contributed by atoms with van der Waals surface area (Å²) in [6.45, 7) is 2.46. The molecule has 1 unspecified atom stereocenters. The Kier molecular flexibility index (Phi) is 5.21. The molecule has 138 valence electrons. The van der Waals surface area contributed by atoms with E-state index in [1.165, 1.54) is 23.5 Å². The van der Waals surface area contributed by atoms with E-state index in [1.54, 1.807) is 0 Å². The normalized spacial score (nSPS) is 16.5. The summed E-state index contributed by atoms with van der Waals surface area (Å²) in [5.41, 5.74) is 3.08. The molecule has 1 fully saturated rings. The van der Waals surface area contributed by atoms with E-state index in [-0.39, 0.29) is 11.7 Å². The molecule has 27 heavy (non-hydrogen) atoms. The highest BCUT2D eigenvalue weighted by Crippen LogP contribution is 2.28. The number of halogens is 1. The maximum atomic E-state index is 13.1. The van der Waals surface area contributed by atoms with E-state index in [9.17, 15) is 9.18 Å². The van der Waals surface area contributed by atoms with Crippen LogP contribution in [0.4, 0.5) is 10.1 Å². The van der Waals surface area contributed by atoms with Gasteiger partial charge in [0.25, 0.3) is 5.91 Å². The number of amides is 1. The Balaban J connectivity index is 1.35. The second-order valence-corrected chi connectivity index (χ2v) is 7.73. The van der Waals surface area contributed by atoms with Crippen molar-refractivity contribution in [3.8, 4) is 11.1 Å². The highest BCUT2D eigenvalue weighted by Gasteiger charge is 2.24. The van der Waals surface area contributed by atoms with Gasteiger partial charge in [-0.05, 0) is 53.6 Å². The molecule has 2 aromatic carbocycles. The SMILES string of the molecule is O=C(NCC1CCN(c2ccc(F)cc2)C1)c1sccc1-c1ccccc1. The number of nitrogens with one attached hydrogen (secondary N) is 1. The number of rotatable bonds is 5. The average molecular weight is 380 g/mol.